The van der Waals surface area contributed by atoms with Crippen LogP contribution in [0.5, 0.6) is 0 Å². The van der Waals surface area contributed by atoms with Crippen molar-refractivity contribution < 1.29 is 13.9 Å². The first-order chi connectivity index (χ1) is 8.06. The summed E-state index contributed by atoms with van der Waals surface area (Å²) in [4.78, 5) is 25.0. The van der Waals surface area contributed by atoms with E-state index in [0.717, 1.165) is 0 Å². The molecule has 92 valence electrons. The molecule has 0 amide bonds. The van der Waals surface area contributed by atoms with Crippen LogP contribution in [-0.4, -0.2) is 27.7 Å². The molecule has 1 aromatic heterocycles. The van der Waals surface area contributed by atoms with Crippen LogP contribution in [0, 0.1) is 10.1 Å². The lowest BCUT2D eigenvalue weighted by molar-refractivity contribution is -0.388. The fourth-order valence-electron chi connectivity index (χ4n) is 0.802. The zero-order valence-electron chi connectivity index (χ0n) is 8.48. The quantitative estimate of drug-likeness (QED) is 0.354. The van der Waals surface area contributed by atoms with Gasteiger partial charge in [0, 0.05) is 18.0 Å². The first kappa shape index (κ1) is 13.7. The molecule has 0 saturated heterocycles. The van der Waals surface area contributed by atoms with Crippen LogP contribution < -0.4 is 5.73 Å². The molecule has 1 heterocycles. The summed E-state index contributed by atoms with van der Waals surface area (Å²) < 4.78 is 4.71. The number of hydrogen-bond acceptors (Lipinski definition) is 8. The third kappa shape index (κ3) is 3.88. The largest absolute Gasteiger partial charge is 0.383 e. The van der Waals surface area contributed by atoms with Crippen molar-refractivity contribution in [1.82, 2.24) is 4.98 Å². The number of carbonyl (C=O) groups excluding carboxylic acids is 1. The fourth-order valence-corrected chi connectivity index (χ4v) is 1.57. The minimum atomic E-state index is -0.867. The van der Waals surface area contributed by atoms with Crippen molar-refractivity contribution in [2.75, 3.05) is 5.75 Å². The number of pyridine rings is 1. The van der Waals surface area contributed by atoms with Gasteiger partial charge in [-0.15, -0.1) is 0 Å². The predicted molar refractivity (Wildman–Crippen MR) is 64.7 cm³/mol. The second kappa shape index (κ2) is 6.42. The van der Waals surface area contributed by atoms with E-state index in [9.17, 15) is 14.9 Å². The van der Waals surface area contributed by atoms with Gasteiger partial charge in [-0.25, -0.2) is 9.78 Å². The second-order valence-electron chi connectivity index (χ2n) is 2.86. The van der Waals surface area contributed by atoms with Crippen LogP contribution in [0.2, 0.25) is 0 Å². The van der Waals surface area contributed by atoms with Gasteiger partial charge in [-0.1, -0.05) is 0 Å². The minimum absolute atomic E-state index is 0.00258. The second-order valence-corrected chi connectivity index (χ2v) is 3.94. The van der Waals surface area contributed by atoms with Gasteiger partial charge in [-0.2, -0.15) is 12.6 Å². The minimum Gasteiger partial charge on any atom is -0.383 e. The van der Waals surface area contributed by atoms with E-state index in [0.29, 0.717) is 12.0 Å². The van der Waals surface area contributed by atoms with Gasteiger partial charge in [-0.05, 0) is 6.07 Å². The average Bonchev–Trinajstić information content (AvgIpc) is 2.35. The molecule has 9 heteroatoms. The number of aromatic nitrogens is 1. The van der Waals surface area contributed by atoms with Crippen molar-refractivity contribution in [3.63, 3.8) is 0 Å². The van der Waals surface area contributed by atoms with Crippen LogP contribution in [0.1, 0.15) is 0 Å². The molecule has 1 rings (SSSR count). The van der Waals surface area contributed by atoms with Crippen molar-refractivity contribution in [2.24, 2.45) is 5.73 Å². The number of hydrogen-bond donors (Lipinski definition) is 2. The molecular weight excluding hydrogens is 266 g/mol. The number of nitrogens with zero attached hydrogens (tertiary/aromatic N) is 2. The smallest absolute Gasteiger partial charge is 0.336 e. The number of carbonyl (C=O) groups is 1. The maximum atomic E-state index is 11.2. The first-order valence-corrected chi connectivity index (χ1v) is 5.78. The third-order valence-corrected chi connectivity index (χ3v) is 2.76. The number of nitro groups is 1. The summed E-state index contributed by atoms with van der Waals surface area (Å²) in [7, 11) is 0. The van der Waals surface area contributed by atoms with Gasteiger partial charge in [0.1, 0.15) is 18.1 Å². The molecule has 0 radical (unpaired) electrons. The highest BCUT2D eigenvalue weighted by molar-refractivity contribution is 7.95. The monoisotopic (exact) mass is 275 g/mol. The van der Waals surface area contributed by atoms with Gasteiger partial charge in [0.15, 0.2) is 0 Å². The van der Waals surface area contributed by atoms with Crippen molar-refractivity contribution in [3.8, 4) is 0 Å². The molecule has 0 aliphatic rings. The lowest BCUT2D eigenvalue weighted by Gasteiger charge is -2.06. The van der Waals surface area contributed by atoms with E-state index in [2.05, 4.69) is 17.6 Å². The molecule has 0 saturated carbocycles. The first-order valence-electron chi connectivity index (χ1n) is 4.40. The summed E-state index contributed by atoms with van der Waals surface area (Å²) in [6.45, 7) is 0. The lowest BCUT2D eigenvalue weighted by atomic mass is 10.4. The Morgan fingerprint density at radius 2 is 2.47 bits per heavy atom. The zero-order valence-corrected chi connectivity index (χ0v) is 10.2. The maximum Gasteiger partial charge on any atom is 0.336 e. The highest BCUT2D eigenvalue weighted by Gasteiger charge is 2.19. The van der Waals surface area contributed by atoms with Crippen LogP contribution >= 0.6 is 24.7 Å². The van der Waals surface area contributed by atoms with E-state index in [1.807, 2.05) is 0 Å². The molecule has 0 aliphatic heterocycles. The third-order valence-electron chi connectivity index (χ3n) is 1.65. The van der Waals surface area contributed by atoms with Crippen LogP contribution in [0.15, 0.2) is 23.4 Å². The topological polar surface area (TPSA) is 108 Å². The Balaban J connectivity index is 2.69. The van der Waals surface area contributed by atoms with E-state index in [1.54, 1.807) is 0 Å². The Kier molecular flexibility index (Phi) is 5.19. The Morgan fingerprint density at radius 1 is 1.76 bits per heavy atom. The SMILES string of the molecule is N[C@@H](CS)C(=O)OSc1ncccc1[N+](=O)[O-]. The summed E-state index contributed by atoms with van der Waals surface area (Å²) >= 11 is 4.34. The molecule has 17 heavy (non-hydrogen) atoms. The van der Waals surface area contributed by atoms with Crippen LogP contribution in [0.3, 0.4) is 0 Å². The molecule has 0 unspecified atom stereocenters. The van der Waals surface area contributed by atoms with Crippen LogP contribution in [0.4, 0.5) is 5.69 Å². The number of rotatable bonds is 5. The summed E-state index contributed by atoms with van der Waals surface area (Å²) in [5, 5.41) is 10.6. The molecule has 0 spiro atoms. The lowest BCUT2D eigenvalue weighted by Crippen LogP contribution is -2.32. The molecule has 2 N–H and O–H groups in total. The van der Waals surface area contributed by atoms with E-state index in [1.165, 1.54) is 18.3 Å². The van der Waals surface area contributed by atoms with Gasteiger partial charge in [0.2, 0.25) is 5.03 Å². The predicted octanol–water partition coefficient (Wildman–Crippen LogP) is 0.797. The zero-order chi connectivity index (χ0) is 12.8. The van der Waals surface area contributed by atoms with Crippen LogP contribution in [0.25, 0.3) is 0 Å². The molecule has 1 atom stereocenters. The molecule has 0 aromatic carbocycles. The highest BCUT2D eigenvalue weighted by Crippen LogP contribution is 2.27. The van der Waals surface area contributed by atoms with Gasteiger partial charge in [0.05, 0.1) is 4.92 Å². The molecule has 1 aromatic rings. The number of nitrogens with two attached hydrogens (primary N) is 1. The Hall–Kier alpha value is -1.32. The Bertz CT molecular complexity index is 429. The van der Waals surface area contributed by atoms with E-state index < -0.39 is 16.9 Å². The van der Waals surface area contributed by atoms with Gasteiger partial charge in [0.25, 0.3) is 0 Å². The summed E-state index contributed by atoms with van der Waals surface area (Å²) in [5.41, 5.74) is 5.13. The summed E-state index contributed by atoms with van der Waals surface area (Å²) in [5.74, 6) is -0.575. The Labute approximate surface area is 107 Å². The van der Waals surface area contributed by atoms with Gasteiger partial charge in [-0.3, -0.25) is 10.1 Å². The van der Waals surface area contributed by atoms with Gasteiger partial charge >= 0.3 is 11.7 Å². The molecular formula is C8H9N3O4S2. The number of thiol groups is 1. The average molecular weight is 275 g/mol. The van der Waals surface area contributed by atoms with Crippen molar-refractivity contribution in [1.29, 1.82) is 0 Å². The van der Waals surface area contributed by atoms with Gasteiger partial charge < -0.3 is 9.92 Å². The fraction of sp³-hybridized carbons (Fsp3) is 0.250. The van der Waals surface area contributed by atoms with Crippen molar-refractivity contribution in [2.45, 2.75) is 11.1 Å². The van der Waals surface area contributed by atoms with Crippen molar-refractivity contribution in [3.05, 3.63) is 28.4 Å². The normalized spacial score (nSPS) is 11.9. The summed E-state index contributed by atoms with van der Waals surface area (Å²) in [6.07, 6.45) is 1.36. The Morgan fingerprint density at radius 3 is 3.06 bits per heavy atom. The maximum absolute atomic E-state index is 11.2. The van der Waals surface area contributed by atoms with E-state index in [-0.39, 0.29) is 16.5 Å². The molecule has 0 bridgehead atoms. The van der Waals surface area contributed by atoms with Crippen molar-refractivity contribution >= 4 is 36.3 Å². The van der Waals surface area contributed by atoms with E-state index in [4.69, 9.17) is 9.92 Å². The standard InChI is InChI=1S/C8H9N3O4S2/c9-5(4-16)8(12)15-17-7-6(11(13)14)2-1-3-10-7/h1-3,5,16H,4,9H2/t5-/m0/s1. The molecule has 0 fully saturated rings. The van der Waals surface area contributed by atoms with E-state index >= 15 is 0 Å². The highest BCUT2D eigenvalue weighted by atomic mass is 32.2. The molecule has 0 aliphatic carbocycles. The molecule has 7 nitrogen and oxygen atoms in total. The van der Waals surface area contributed by atoms with Crippen LogP contribution in [-0.2, 0) is 8.98 Å². The summed E-state index contributed by atoms with van der Waals surface area (Å²) in [6, 6.07) is 1.82.